The van der Waals surface area contributed by atoms with Gasteiger partial charge in [-0.25, -0.2) is 18.1 Å². The Balaban J connectivity index is 1.61. The lowest BCUT2D eigenvalue weighted by atomic mass is 10.2. The summed E-state index contributed by atoms with van der Waals surface area (Å²) in [7, 11) is -3.64. The molecule has 0 spiro atoms. The van der Waals surface area contributed by atoms with Crippen LogP contribution in [0.1, 0.15) is 29.1 Å². The van der Waals surface area contributed by atoms with E-state index < -0.39 is 15.9 Å². The van der Waals surface area contributed by atoms with E-state index in [4.69, 9.17) is 4.42 Å². The van der Waals surface area contributed by atoms with Crippen molar-refractivity contribution in [2.24, 2.45) is 0 Å². The van der Waals surface area contributed by atoms with E-state index in [9.17, 15) is 13.2 Å². The third kappa shape index (κ3) is 3.90. The molecule has 4 rings (SSSR count). The van der Waals surface area contributed by atoms with Crippen LogP contribution in [0.3, 0.4) is 0 Å². The van der Waals surface area contributed by atoms with Gasteiger partial charge < -0.3 is 9.73 Å². The van der Waals surface area contributed by atoms with Crippen LogP contribution in [-0.4, -0.2) is 25.4 Å². The average Bonchev–Trinajstić information content (AvgIpc) is 3.32. The number of oxazole rings is 1. The molecule has 0 bridgehead atoms. The van der Waals surface area contributed by atoms with E-state index in [0.29, 0.717) is 27.2 Å². The Labute approximate surface area is 164 Å². The quantitative estimate of drug-likeness (QED) is 0.619. The summed E-state index contributed by atoms with van der Waals surface area (Å²) in [6, 6.07) is 9.51. The molecule has 1 aliphatic rings. The summed E-state index contributed by atoms with van der Waals surface area (Å²) in [5, 5.41) is 2.77. The normalized spacial score (nSPS) is 14.4. The van der Waals surface area contributed by atoms with Crippen LogP contribution in [0.2, 0.25) is 0 Å². The summed E-state index contributed by atoms with van der Waals surface area (Å²) in [4.78, 5) is 17.0. The predicted molar refractivity (Wildman–Crippen MR) is 104 cm³/mol. The zero-order chi connectivity index (χ0) is 19.2. The van der Waals surface area contributed by atoms with Crippen molar-refractivity contribution in [1.29, 1.82) is 0 Å². The molecule has 27 heavy (non-hydrogen) atoms. The molecule has 0 saturated heterocycles. The van der Waals surface area contributed by atoms with Gasteiger partial charge in [0.15, 0.2) is 11.5 Å². The summed E-state index contributed by atoms with van der Waals surface area (Å²) in [5.41, 5.74) is 2.03. The van der Waals surface area contributed by atoms with Crippen molar-refractivity contribution in [3.05, 3.63) is 52.3 Å². The first-order chi connectivity index (χ1) is 12.8. The molecule has 0 radical (unpaired) electrons. The van der Waals surface area contributed by atoms with Gasteiger partial charge >= 0.3 is 0 Å². The molecule has 2 aromatic carbocycles. The first kappa shape index (κ1) is 18.1. The van der Waals surface area contributed by atoms with Crippen molar-refractivity contribution >= 4 is 48.6 Å². The lowest BCUT2D eigenvalue weighted by Gasteiger charge is -2.10. The second-order valence-corrected chi connectivity index (χ2v) is 8.98. The Morgan fingerprint density at radius 1 is 1.22 bits per heavy atom. The number of fused-ring (bicyclic) bond motifs is 1. The molecule has 3 aromatic rings. The fourth-order valence-corrected chi connectivity index (χ4v) is 4.41. The number of nitrogens with zero attached hydrogens (tertiary/aromatic N) is 1. The molecule has 0 unspecified atom stereocenters. The van der Waals surface area contributed by atoms with Crippen molar-refractivity contribution in [3.63, 3.8) is 0 Å². The van der Waals surface area contributed by atoms with Crippen LogP contribution in [-0.2, 0) is 10.0 Å². The summed E-state index contributed by atoms with van der Waals surface area (Å²) in [6.07, 6.45) is 1.68. The molecule has 2 N–H and O–H groups in total. The van der Waals surface area contributed by atoms with Crippen molar-refractivity contribution in [2.75, 3.05) is 5.32 Å². The summed E-state index contributed by atoms with van der Waals surface area (Å²) < 4.78 is 33.3. The number of hydrogen-bond acceptors (Lipinski definition) is 5. The van der Waals surface area contributed by atoms with E-state index in [1.807, 2.05) is 0 Å². The highest BCUT2D eigenvalue weighted by Crippen LogP contribution is 2.26. The maximum atomic E-state index is 12.7. The fraction of sp³-hybridized carbons (Fsp3) is 0.222. The topological polar surface area (TPSA) is 101 Å². The van der Waals surface area contributed by atoms with Gasteiger partial charge in [0, 0.05) is 23.1 Å². The molecule has 1 heterocycles. The number of benzene rings is 2. The second-order valence-electron chi connectivity index (χ2n) is 6.41. The SMILES string of the molecule is Cc1nc2cc(NC(=O)c3cc(S(=O)(=O)NC4CC4)ccc3Br)ccc2o1. The molecule has 7 nitrogen and oxygen atoms in total. The number of hydrogen-bond donors (Lipinski definition) is 2. The Morgan fingerprint density at radius 2 is 2.00 bits per heavy atom. The Bertz CT molecular complexity index is 1150. The molecule has 9 heteroatoms. The standard InChI is InChI=1S/C18H16BrN3O4S/c1-10-20-16-8-12(4-7-17(16)26-10)21-18(23)14-9-13(5-6-15(14)19)27(24,25)22-11-2-3-11/h4-9,11,22H,2-3H2,1H3,(H,21,23). The minimum absolute atomic E-state index is 0.00596. The minimum Gasteiger partial charge on any atom is -0.441 e. The zero-order valence-electron chi connectivity index (χ0n) is 14.3. The van der Waals surface area contributed by atoms with E-state index >= 15 is 0 Å². The molecule has 1 fully saturated rings. The molecule has 1 aromatic heterocycles. The highest BCUT2D eigenvalue weighted by molar-refractivity contribution is 9.10. The van der Waals surface area contributed by atoms with Gasteiger partial charge in [-0.2, -0.15) is 0 Å². The van der Waals surface area contributed by atoms with E-state index in [2.05, 4.69) is 31.0 Å². The number of nitrogens with one attached hydrogen (secondary N) is 2. The Hall–Kier alpha value is -2.23. The first-order valence-corrected chi connectivity index (χ1v) is 10.6. The van der Waals surface area contributed by atoms with Gasteiger partial charge in [-0.3, -0.25) is 4.79 Å². The Kier molecular flexibility index (Phi) is 4.53. The number of amides is 1. The predicted octanol–water partition coefficient (Wildman–Crippen LogP) is 3.59. The molecule has 1 amide bonds. The summed E-state index contributed by atoms with van der Waals surface area (Å²) in [6.45, 7) is 1.75. The van der Waals surface area contributed by atoms with Crippen LogP contribution >= 0.6 is 15.9 Å². The van der Waals surface area contributed by atoms with Gasteiger partial charge in [-0.05, 0) is 65.2 Å². The first-order valence-electron chi connectivity index (χ1n) is 8.32. The number of sulfonamides is 1. The maximum Gasteiger partial charge on any atom is 0.256 e. The van der Waals surface area contributed by atoms with Crippen LogP contribution in [0.5, 0.6) is 0 Å². The van der Waals surface area contributed by atoms with Gasteiger partial charge in [-0.1, -0.05) is 0 Å². The van der Waals surface area contributed by atoms with Gasteiger partial charge in [0.2, 0.25) is 10.0 Å². The highest BCUT2D eigenvalue weighted by atomic mass is 79.9. The van der Waals surface area contributed by atoms with Crippen molar-refractivity contribution < 1.29 is 17.6 Å². The third-order valence-electron chi connectivity index (χ3n) is 4.14. The number of anilines is 1. The molecule has 1 aliphatic carbocycles. The van der Waals surface area contributed by atoms with Gasteiger partial charge in [0.05, 0.1) is 10.5 Å². The van der Waals surface area contributed by atoms with Crippen LogP contribution in [0, 0.1) is 6.92 Å². The number of carbonyl (C=O) groups is 1. The molecule has 1 saturated carbocycles. The number of rotatable bonds is 5. The second kappa shape index (κ2) is 6.74. The average molecular weight is 450 g/mol. The van der Waals surface area contributed by atoms with Crippen LogP contribution in [0.15, 0.2) is 50.2 Å². The van der Waals surface area contributed by atoms with Crippen LogP contribution in [0.4, 0.5) is 5.69 Å². The molecule has 0 aliphatic heterocycles. The zero-order valence-corrected chi connectivity index (χ0v) is 16.7. The lowest BCUT2D eigenvalue weighted by molar-refractivity contribution is 0.102. The van der Waals surface area contributed by atoms with Crippen molar-refractivity contribution in [1.82, 2.24) is 9.71 Å². The van der Waals surface area contributed by atoms with Gasteiger partial charge in [0.25, 0.3) is 5.91 Å². The fourth-order valence-electron chi connectivity index (χ4n) is 2.65. The van der Waals surface area contributed by atoms with Gasteiger partial charge in [-0.15, -0.1) is 0 Å². The smallest absolute Gasteiger partial charge is 0.256 e. The van der Waals surface area contributed by atoms with Crippen LogP contribution < -0.4 is 10.0 Å². The van der Waals surface area contributed by atoms with Crippen LogP contribution in [0.25, 0.3) is 11.1 Å². The number of carbonyl (C=O) groups excluding carboxylic acids is 1. The molecule has 0 atom stereocenters. The monoisotopic (exact) mass is 449 g/mol. The largest absolute Gasteiger partial charge is 0.441 e. The van der Waals surface area contributed by atoms with Crippen molar-refractivity contribution in [3.8, 4) is 0 Å². The minimum atomic E-state index is -3.64. The van der Waals surface area contributed by atoms with E-state index in [1.54, 1.807) is 31.2 Å². The lowest BCUT2D eigenvalue weighted by Crippen LogP contribution is -2.26. The highest BCUT2D eigenvalue weighted by Gasteiger charge is 2.28. The third-order valence-corrected chi connectivity index (χ3v) is 6.35. The van der Waals surface area contributed by atoms with Gasteiger partial charge in [0.1, 0.15) is 5.52 Å². The Morgan fingerprint density at radius 3 is 2.74 bits per heavy atom. The van der Waals surface area contributed by atoms with E-state index in [1.165, 1.54) is 12.1 Å². The molecular formula is C18H16BrN3O4S. The van der Waals surface area contributed by atoms with E-state index in [0.717, 1.165) is 12.8 Å². The number of aryl methyl sites for hydroxylation is 1. The van der Waals surface area contributed by atoms with E-state index in [-0.39, 0.29) is 16.5 Å². The summed E-state index contributed by atoms with van der Waals surface area (Å²) in [5.74, 6) is 0.113. The molecule has 140 valence electrons. The van der Waals surface area contributed by atoms with Crippen molar-refractivity contribution in [2.45, 2.75) is 30.7 Å². The summed E-state index contributed by atoms with van der Waals surface area (Å²) >= 11 is 3.31. The maximum absolute atomic E-state index is 12.7. The molecular weight excluding hydrogens is 434 g/mol. The number of halogens is 1. The number of aromatic nitrogens is 1.